The van der Waals surface area contributed by atoms with Gasteiger partial charge in [-0.3, -0.25) is 4.79 Å². The number of imidazole rings is 1. The van der Waals surface area contributed by atoms with Gasteiger partial charge in [0.15, 0.2) is 0 Å². The van der Waals surface area contributed by atoms with E-state index in [-0.39, 0.29) is 17.4 Å². The number of rotatable bonds is 7. The van der Waals surface area contributed by atoms with Crippen LogP contribution < -0.4 is 10.5 Å². The lowest BCUT2D eigenvalue weighted by atomic mass is 10.0. The highest BCUT2D eigenvalue weighted by molar-refractivity contribution is 5.87. The van der Waals surface area contributed by atoms with Crippen LogP contribution in [0.15, 0.2) is 61.4 Å². The van der Waals surface area contributed by atoms with Gasteiger partial charge >= 0.3 is 0 Å². The van der Waals surface area contributed by atoms with Gasteiger partial charge in [0, 0.05) is 42.0 Å². The number of benzene rings is 2. The smallest absolute Gasteiger partial charge is 0.222 e. The fraction of sp³-hybridized carbons (Fsp3) is 0.310. The van der Waals surface area contributed by atoms with E-state index < -0.39 is 0 Å². The first-order valence-corrected chi connectivity index (χ1v) is 13.3. The van der Waals surface area contributed by atoms with Crippen molar-refractivity contribution in [1.82, 2.24) is 39.2 Å². The molecule has 40 heavy (non-hydrogen) atoms. The minimum atomic E-state index is -0.289. The third kappa shape index (κ3) is 4.86. The Morgan fingerprint density at radius 2 is 1.88 bits per heavy atom. The highest BCUT2D eigenvalue weighted by atomic mass is 16.5. The summed E-state index contributed by atoms with van der Waals surface area (Å²) in [5.74, 6) is 1.89. The van der Waals surface area contributed by atoms with Gasteiger partial charge in [0.2, 0.25) is 11.9 Å². The van der Waals surface area contributed by atoms with Crippen molar-refractivity contribution < 1.29 is 9.53 Å². The van der Waals surface area contributed by atoms with E-state index in [0.717, 1.165) is 52.2 Å². The van der Waals surface area contributed by atoms with E-state index in [1.165, 1.54) is 6.33 Å². The van der Waals surface area contributed by atoms with Crippen LogP contribution in [0, 0.1) is 0 Å². The molecule has 0 atom stereocenters. The standard InChI is InChI=1S/C29H31N9O2/c1-29(2,3)38-25-8-6-19(20-15-32-28(30)33-16-20)13-23(25)35-27(38)22-14-21(7-9-24(22)37-18-31-17-34-37)40-12-11-36-10-4-5-26(36)39/h6-9,13-18H,4-5,10-12H2,1-3H3,(H2,30,32,33). The number of ether oxygens (including phenoxy) is 1. The van der Waals surface area contributed by atoms with Gasteiger partial charge in [-0.15, -0.1) is 0 Å². The SMILES string of the molecule is CC(C)(C)n1c(-c2cc(OCCN3CCCC3=O)ccc2-n2cncn2)nc2cc(-c3cnc(N)nc3)ccc21. The van der Waals surface area contributed by atoms with Crippen molar-refractivity contribution >= 4 is 22.9 Å². The first-order chi connectivity index (χ1) is 19.3. The number of nitrogens with two attached hydrogens (primary N) is 1. The Hall–Kier alpha value is -4.80. The molecule has 1 amide bonds. The number of nitrogen functional groups attached to an aromatic ring is 1. The monoisotopic (exact) mass is 537 g/mol. The zero-order valence-corrected chi connectivity index (χ0v) is 22.8. The lowest BCUT2D eigenvalue weighted by Crippen LogP contribution is -2.29. The number of amides is 1. The maximum atomic E-state index is 12.0. The molecular weight excluding hydrogens is 506 g/mol. The minimum Gasteiger partial charge on any atom is -0.492 e. The lowest BCUT2D eigenvalue weighted by molar-refractivity contribution is -0.128. The number of aromatic nitrogens is 7. The van der Waals surface area contributed by atoms with E-state index in [9.17, 15) is 4.79 Å². The van der Waals surface area contributed by atoms with Gasteiger partial charge in [-0.05, 0) is 63.1 Å². The molecule has 5 aromatic rings. The van der Waals surface area contributed by atoms with Crippen molar-refractivity contribution in [2.75, 3.05) is 25.4 Å². The van der Waals surface area contributed by atoms with Crippen molar-refractivity contribution in [3.63, 3.8) is 0 Å². The summed E-state index contributed by atoms with van der Waals surface area (Å²) in [4.78, 5) is 31.4. The molecular formula is C29H31N9O2. The van der Waals surface area contributed by atoms with Crippen LogP contribution in [-0.4, -0.2) is 64.8 Å². The predicted octanol–water partition coefficient (Wildman–Crippen LogP) is 4.08. The van der Waals surface area contributed by atoms with Gasteiger partial charge in [0.25, 0.3) is 0 Å². The molecule has 1 saturated heterocycles. The molecule has 204 valence electrons. The van der Waals surface area contributed by atoms with Crippen LogP contribution in [0.4, 0.5) is 5.95 Å². The molecule has 0 spiro atoms. The van der Waals surface area contributed by atoms with Crippen LogP contribution in [0.2, 0.25) is 0 Å². The number of hydrogen-bond donors (Lipinski definition) is 1. The molecule has 1 aliphatic heterocycles. The molecule has 11 heteroatoms. The van der Waals surface area contributed by atoms with Crippen molar-refractivity contribution in [2.45, 2.75) is 39.2 Å². The Morgan fingerprint density at radius 1 is 1.05 bits per heavy atom. The molecule has 0 radical (unpaired) electrons. The average molecular weight is 538 g/mol. The van der Waals surface area contributed by atoms with Gasteiger partial charge in [0.1, 0.15) is 30.8 Å². The molecule has 3 aromatic heterocycles. The van der Waals surface area contributed by atoms with Crippen molar-refractivity contribution in [1.29, 1.82) is 0 Å². The fourth-order valence-electron chi connectivity index (χ4n) is 5.14. The van der Waals surface area contributed by atoms with Crippen molar-refractivity contribution in [3.8, 4) is 34.0 Å². The summed E-state index contributed by atoms with van der Waals surface area (Å²) in [6.07, 6.45) is 8.13. The van der Waals surface area contributed by atoms with Crippen LogP contribution in [-0.2, 0) is 10.3 Å². The maximum absolute atomic E-state index is 12.0. The van der Waals surface area contributed by atoms with Gasteiger partial charge in [-0.1, -0.05) is 6.07 Å². The van der Waals surface area contributed by atoms with Gasteiger partial charge in [-0.25, -0.2) is 24.6 Å². The van der Waals surface area contributed by atoms with Crippen LogP contribution in [0.25, 0.3) is 39.2 Å². The molecule has 0 aliphatic carbocycles. The van der Waals surface area contributed by atoms with E-state index in [4.69, 9.17) is 15.5 Å². The van der Waals surface area contributed by atoms with Crippen LogP contribution >= 0.6 is 0 Å². The molecule has 2 aromatic carbocycles. The molecule has 0 unspecified atom stereocenters. The molecule has 0 saturated carbocycles. The largest absolute Gasteiger partial charge is 0.492 e. The predicted molar refractivity (Wildman–Crippen MR) is 152 cm³/mol. The van der Waals surface area contributed by atoms with E-state index in [2.05, 4.69) is 51.5 Å². The second-order valence-corrected chi connectivity index (χ2v) is 10.8. The summed E-state index contributed by atoms with van der Waals surface area (Å²) < 4.78 is 10.1. The van der Waals surface area contributed by atoms with Gasteiger partial charge < -0.3 is 19.9 Å². The summed E-state index contributed by atoms with van der Waals surface area (Å²) in [5.41, 5.74) is 10.7. The number of likely N-dealkylation sites (tertiary alicyclic amines) is 1. The number of anilines is 1. The number of carbonyl (C=O) groups is 1. The van der Waals surface area contributed by atoms with Crippen molar-refractivity contribution in [3.05, 3.63) is 61.4 Å². The molecule has 4 heterocycles. The van der Waals surface area contributed by atoms with Gasteiger partial charge in [-0.2, -0.15) is 5.10 Å². The van der Waals surface area contributed by atoms with Crippen molar-refractivity contribution in [2.24, 2.45) is 0 Å². The Bertz CT molecular complexity index is 1670. The molecule has 2 N–H and O–H groups in total. The first kappa shape index (κ1) is 25.5. The molecule has 6 rings (SSSR count). The van der Waals surface area contributed by atoms with Crippen LogP contribution in [0.1, 0.15) is 33.6 Å². The number of fused-ring (bicyclic) bond motifs is 1. The average Bonchev–Trinajstić information content (AvgIpc) is 3.69. The Kier molecular flexibility index (Phi) is 6.41. The van der Waals surface area contributed by atoms with E-state index in [1.807, 2.05) is 35.2 Å². The van der Waals surface area contributed by atoms with Crippen LogP contribution in [0.3, 0.4) is 0 Å². The normalized spacial score (nSPS) is 13.9. The Balaban J connectivity index is 1.44. The highest BCUT2D eigenvalue weighted by Gasteiger charge is 2.26. The quantitative estimate of drug-likeness (QED) is 0.329. The summed E-state index contributed by atoms with van der Waals surface area (Å²) in [6, 6.07) is 12.0. The molecule has 11 nitrogen and oxygen atoms in total. The molecule has 1 fully saturated rings. The number of nitrogens with zero attached hydrogens (tertiary/aromatic N) is 8. The number of hydrogen-bond acceptors (Lipinski definition) is 8. The zero-order valence-electron chi connectivity index (χ0n) is 22.8. The molecule has 0 bridgehead atoms. The van der Waals surface area contributed by atoms with Gasteiger partial charge in [0.05, 0.1) is 23.3 Å². The number of carbonyl (C=O) groups excluding carboxylic acids is 1. The topological polar surface area (TPSA) is 130 Å². The summed E-state index contributed by atoms with van der Waals surface area (Å²) in [7, 11) is 0. The summed E-state index contributed by atoms with van der Waals surface area (Å²) in [5, 5.41) is 4.39. The summed E-state index contributed by atoms with van der Waals surface area (Å²) >= 11 is 0. The zero-order chi connectivity index (χ0) is 27.9. The third-order valence-electron chi connectivity index (χ3n) is 7.01. The lowest BCUT2D eigenvalue weighted by Gasteiger charge is -2.25. The highest BCUT2D eigenvalue weighted by Crippen LogP contribution is 2.37. The molecule has 1 aliphatic rings. The second kappa shape index (κ2) is 10.1. The second-order valence-electron chi connectivity index (χ2n) is 10.8. The summed E-state index contributed by atoms with van der Waals surface area (Å²) in [6.45, 7) is 8.23. The van der Waals surface area contributed by atoms with E-state index >= 15 is 0 Å². The maximum Gasteiger partial charge on any atom is 0.222 e. The minimum absolute atomic E-state index is 0.189. The Labute approximate surface area is 231 Å². The third-order valence-corrected chi connectivity index (χ3v) is 7.01. The fourth-order valence-corrected chi connectivity index (χ4v) is 5.14. The first-order valence-electron chi connectivity index (χ1n) is 13.3. The van der Waals surface area contributed by atoms with E-state index in [1.54, 1.807) is 23.4 Å². The van der Waals surface area contributed by atoms with Crippen LogP contribution in [0.5, 0.6) is 5.75 Å². The Morgan fingerprint density at radius 3 is 2.58 bits per heavy atom. The van der Waals surface area contributed by atoms with E-state index in [0.29, 0.717) is 25.3 Å².